The van der Waals surface area contributed by atoms with E-state index in [9.17, 15) is 14.4 Å². The van der Waals surface area contributed by atoms with Gasteiger partial charge in [-0.1, -0.05) is 48.5 Å². The number of carbonyl (C=O) groups excluding carboxylic acids is 3. The molecule has 34 heavy (non-hydrogen) atoms. The van der Waals surface area contributed by atoms with Crippen LogP contribution in [0.5, 0.6) is 0 Å². The molecule has 1 N–H and O–H groups in total. The molecule has 3 aromatic carbocycles. The molecule has 8 heteroatoms. The highest BCUT2D eigenvalue weighted by Gasteiger charge is 2.49. The third-order valence-electron chi connectivity index (χ3n) is 6.03. The minimum Gasteiger partial charge on any atom is -0.465 e. The van der Waals surface area contributed by atoms with E-state index in [-0.39, 0.29) is 12.5 Å². The van der Waals surface area contributed by atoms with Crippen molar-refractivity contribution in [3.8, 4) is 10.6 Å². The Morgan fingerprint density at radius 1 is 1.06 bits per heavy atom. The van der Waals surface area contributed by atoms with Gasteiger partial charge >= 0.3 is 12.0 Å². The molecule has 0 radical (unpaired) electrons. The number of nitrogens with zero attached hydrogens (tertiary/aromatic N) is 2. The van der Waals surface area contributed by atoms with Gasteiger partial charge in [-0.2, -0.15) is 0 Å². The Balaban J connectivity index is 1.36. The SMILES string of the molecule is COC(=O)c1ccc(-c2nc(CN3C(=O)NC(C)(c4ccc5ccccc5c4)C3=O)cs2)cc1. The lowest BCUT2D eigenvalue weighted by molar-refractivity contribution is -0.131. The Labute approximate surface area is 200 Å². The number of amides is 3. The largest absolute Gasteiger partial charge is 0.465 e. The van der Waals surface area contributed by atoms with Gasteiger partial charge in [0.05, 0.1) is 24.9 Å². The fourth-order valence-electron chi connectivity index (χ4n) is 4.08. The van der Waals surface area contributed by atoms with Crippen molar-refractivity contribution in [1.82, 2.24) is 15.2 Å². The average Bonchev–Trinajstić information content (AvgIpc) is 3.42. The summed E-state index contributed by atoms with van der Waals surface area (Å²) in [6.45, 7) is 1.80. The van der Waals surface area contributed by atoms with E-state index in [1.807, 2.05) is 47.8 Å². The number of hydrogen-bond donors (Lipinski definition) is 1. The molecular formula is C26H21N3O4S. The maximum Gasteiger partial charge on any atom is 0.337 e. The molecule has 5 rings (SSSR count). The number of carbonyl (C=O) groups is 3. The molecule has 1 aliphatic rings. The molecule has 4 aromatic rings. The fraction of sp³-hybridized carbons (Fsp3) is 0.154. The van der Waals surface area contributed by atoms with Crippen LogP contribution in [0.1, 0.15) is 28.5 Å². The molecule has 1 saturated heterocycles. The van der Waals surface area contributed by atoms with Crippen molar-refractivity contribution in [3.63, 3.8) is 0 Å². The highest BCUT2D eigenvalue weighted by Crippen LogP contribution is 2.32. The summed E-state index contributed by atoms with van der Waals surface area (Å²) < 4.78 is 4.72. The molecule has 1 aliphatic heterocycles. The van der Waals surface area contributed by atoms with Gasteiger partial charge in [-0.15, -0.1) is 11.3 Å². The summed E-state index contributed by atoms with van der Waals surface area (Å²) >= 11 is 1.41. The van der Waals surface area contributed by atoms with E-state index >= 15 is 0 Å². The molecule has 170 valence electrons. The van der Waals surface area contributed by atoms with E-state index in [1.54, 1.807) is 31.2 Å². The van der Waals surface area contributed by atoms with Gasteiger partial charge in [0.15, 0.2) is 0 Å². The second kappa shape index (κ2) is 8.39. The van der Waals surface area contributed by atoms with Crippen LogP contribution in [0.2, 0.25) is 0 Å². The van der Waals surface area contributed by atoms with E-state index in [1.165, 1.54) is 23.3 Å². The number of ether oxygens (including phenoxy) is 1. The summed E-state index contributed by atoms with van der Waals surface area (Å²) in [5.74, 6) is -0.718. The zero-order valence-electron chi connectivity index (χ0n) is 18.6. The van der Waals surface area contributed by atoms with Crippen LogP contribution in [0.4, 0.5) is 4.79 Å². The van der Waals surface area contributed by atoms with Crippen LogP contribution in [-0.2, 0) is 21.6 Å². The highest BCUT2D eigenvalue weighted by molar-refractivity contribution is 7.13. The lowest BCUT2D eigenvalue weighted by atomic mass is 9.90. The Morgan fingerprint density at radius 2 is 1.79 bits per heavy atom. The third kappa shape index (κ3) is 3.72. The van der Waals surface area contributed by atoms with Crippen molar-refractivity contribution < 1.29 is 19.1 Å². The highest BCUT2D eigenvalue weighted by atomic mass is 32.1. The van der Waals surface area contributed by atoms with E-state index in [0.717, 1.165) is 26.9 Å². The first kappa shape index (κ1) is 21.8. The number of aromatic nitrogens is 1. The second-order valence-corrected chi connectivity index (χ2v) is 9.08. The van der Waals surface area contributed by atoms with Gasteiger partial charge in [-0.3, -0.25) is 9.69 Å². The third-order valence-corrected chi connectivity index (χ3v) is 6.97. The number of rotatable bonds is 5. The minimum atomic E-state index is -1.15. The summed E-state index contributed by atoms with van der Waals surface area (Å²) in [6.07, 6.45) is 0. The average molecular weight is 472 g/mol. The van der Waals surface area contributed by atoms with Crippen LogP contribution in [0.3, 0.4) is 0 Å². The molecular weight excluding hydrogens is 450 g/mol. The number of fused-ring (bicyclic) bond motifs is 1. The van der Waals surface area contributed by atoms with Crippen molar-refractivity contribution in [1.29, 1.82) is 0 Å². The zero-order chi connectivity index (χ0) is 23.9. The van der Waals surface area contributed by atoms with Gasteiger partial charge in [0, 0.05) is 10.9 Å². The maximum absolute atomic E-state index is 13.4. The first-order valence-corrected chi connectivity index (χ1v) is 11.5. The van der Waals surface area contributed by atoms with Crippen molar-refractivity contribution in [2.45, 2.75) is 19.0 Å². The summed E-state index contributed by atoms with van der Waals surface area (Å²) in [4.78, 5) is 43.6. The number of nitrogens with one attached hydrogen (secondary N) is 1. The van der Waals surface area contributed by atoms with Gasteiger partial charge in [0.1, 0.15) is 10.5 Å². The molecule has 1 unspecified atom stereocenters. The monoisotopic (exact) mass is 471 g/mol. The Kier molecular flexibility index (Phi) is 5.37. The van der Waals surface area contributed by atoms with Crippen LogP contribution >= 0.6 is 11.3 Å². The van der Waals surface area contributed by atoms with Crippen LogP contribution in [0.25, 0.3) is 21.3 Å². The van der Waals surface area contributed by atoms with Crippen molar-refractivity contribution in [3.05, 3.63) is 88.9 Å². The summed E-state index contributed by atoms with van der Waals surface area (Å²) in [5, 5.41) is 7.49. The molecule has 3 amide bonds. The topological polar surface area (TPSA) is 88.6 Å². The van der Waals surface area contributed by atoms with Gasteiger partial charge < -0.3 is 10.1 Å². The van der Waals surface area contributed by atoms with E-state index in [4.69, 9.17) is 4.74 Å². The Morgan fingerprint density at radius 3 is 2.53 bits per heavy atom. The van der Waals surface area contributed by atoms with Gasteiger partial charge in [-0.05, 0) is 41.5 Å². The predicted octanol–water partition coefficient (Wildman–Crippen LogP) is 4.72. The van der Waals surface area contributed by atoms with Crippen LogP contribution in [0, 0.1) is 0 Å². The summed E-state index contributed by atoms with van der Waals surface area (Å²) in [7, 11) is 1.34. The number of methoxy groups -OCH3 is 1. The predicted molar refractivity (Wildman–Crippen MR) is 129 cm³/mol. The molecule has 1 atom stereocenters. The lowest BCUT2D eigenvalue weighted by Crippen LogP contribution is -2.40. The lowest BCUT2D eigenvalue weighted by Gasteiger charge is -2.22. The molecule has 0 saturated carbocycles. The molecule has 1 fully saturated rings. The number of thiazole rings is 1. The van der Waals surface area contributed by atoms with Gasteiger partial charge in [-0.25, -0.2) is 14.6 Å². The van der Waals surface area contributed by atoms with Gasteiger partial charge in [0.2, 0.25) is 0 Å². The van der Waals surface area contributed by atoms with Crippen LogP contribution in [-0.4, -0.2) is 34.9 Å². The van der Waals surface area contributed by atoms with Crippen molar-refractivity contribution >= 4 is 40.0 Å². The minimum absolute atomic E-state index is 0.0740. The van der Waals surface area contributed by atoms with Crippen molar-refractivity contribution in [2.75, 3.05) is 7.11 Å². The van der Waals surface area contributed by atoms with Crippen LogP contribution < -0.4 is 5.32 Å². The van der Waals surface area contributed by atoms with Crippen molar-refractivity contribution in [2.24, 2.45) is 0 Å². The normalized spacial score (nSPS) is 17.8. The molecule has 0 spiro atoms. The Bertz CT molecular complexity index is 1430. The maximum atomic E-state index is 13.4. The molecule has 0 aliphatic carbocycles. The quantitative estimate of drug-likeness (QED) is 0.336. The molecule has 7 nitrogen and oxygen atoms in total. The molecule has 0 bridgehead atoms. The summed E-state index contributed by atoms with van der Waals surface area (Å²) in [5.41, 5.74) is 1.49. The standard InChI is InChI=1S/C26H21N3O4S/c1-26(20-12-11-16-5-3-4-6-19(16)13-20)24(31)29(25(32)28-26)14-21-15-34-22(27-21)17-7-9-18(10-8-17)23(30)33-2/h3-13,15H,14H2,1-2H3,(H,28,32). The fourth-order valence-corrected chi connectivity index (χ4v) is 4.89. The molecule has 2 heterocycles. The van der Waals surface area contributed by atoms with E-state index < -0.39 is 17.5 Å². The molecule has 1 aromatic heterocycles. The number of imide groups is 1. The summed E-state index contributed by atoms with van der Waals surface area (Å²) in [6, 6.07) is 20.2. The van der Waals surface area contributed by atoms with Crippen LogP contribution in [0.15, 0.2) is 72.1 Å². The smallest absolute Gasteiger partial charge is 0.337 e. The zero-order valence-corrected chi connectivity index (χ0v) is 19.4. The Hall–Kier alpha value is -4.04. The van der Waals surface area contributed by atoms with Gasteiger partial charge in [0.25, 0.3) is 5.91 Å². The first-order chi connectivity index (χ1) is 16.4. The number of hydrogen-bond acceptors (Lipinski definition) is 6. The second-order valence-electron chi connectivity index (χ2n) is 8.22. The van der Waals surface area contributed by atoms with E-state index in [2.05, 4.69) is 10.3 Å². The first-order valence-electron chi connectivity index (χ1n) is 10.7. The number of benzene rings is 3. The number of esters is 1. The number of urea groups is 1. The van der Waals surface area contributed by atoms with E-state index in [0.29, 0.717) is 11.3 Å².